The van der Waals surface area contributed by atoms with Crippen molar-refractivity contribution < 1.29 is 4.79 Å². The third kappa shape index (κ3) is 3.91. The largest absolute Gasteiger partial charge is 0.344 e. The maximum atomic E-state index is 12.5. The molecule has 6 nitrogen and oxygen atoms in total. The minimum absolute atomic E-state index is 0.314. The second-order valence-electron chi connectivity index (χ2n) is 4.58. The highest BCUT2D eigenvalue weighted by Gasteiger charge is 2.18. The summed E-state index contributed by atoms with van der Waals surface area (Å²) < 4.78 is 0.651. The summed E-state index contributed by atoms with van der Waals surface area (Å²) in [5.74, 6) is 0.147. The molecule has 0 spiro atoms. The Labute approximate surface area is 145 Å². The highest BCUT2D eigenvalue weighted by molar-refractivity contribution is 9.10. The van der Waals surface area contributed by atoms with E-state index >= 15 is 0 Å². The number of halogens is 1. The Morgan fingerprint density at radius 3 is 2.83 bits per heavy atom. The molecule has 0 aromatic carbocycles. The summed E-state index contributed by atoms with van der Waals surface area (Å²) in [5.41, 5.74) is 1.13. The predicted molar refractivity (Wildman–Crippen MR) is 94.3 cm³/mol. The standard InChI is InChI=1S/C15H12BrN5OS/c1-9-18-13(14(22)21-12-6-2-5-11(16)20-12)15(23-9)19-10-4-3-7-17-8-10/h2-8,19H,1H3,(H,20,21,22). The van der Waals surface area contributed by atoms with Gasteiger partial charge in [0.1, 0.15) is 15.4 Å². The van der Waals surface area contributed by atoms with Crippen molar-refractivity contribution in [1.82, 2.24) is 15.0 Å². The van der Waals surface area contributed by atoms with E-state index < -0.39 is 0 Å². The topological polar surface area (TPSA) is 79.8 Å². The summed E-state index contributed by atoms with van der Waals surface area (Å²) in [4.78, 5) is 25.0. The van der Waals surface area contributed by atoms with Gasteiger partial charge in [0.2, 0.25) is 0 Å². The first-order valence-corrected chi connectivity index (χ1v) is 8.31. The van der Waals surface area contributed by atoms with Crippen LogP contribution in [0.2, 0.25) is 0 Å². The molecule has 0 bridgehead atoms. The van der Waals surface area contributed by atoms with Crippen LogP contribution >= 0.6 is 27.3 Å². The van der Waals surface area contributed by atoms with Gasteiger partial charge in [0.15, 0.2) is 5.69 Å². The molecule has 3 aromatic heterocycles. The molecule has 2 N–H and O–H groups in total. The lowest BCUT2D eigenvalue weighted by atomic mass is 10.3. The van der Waals surface area contributed by atoms with Gasteiger partial charge >= 0.3 is 0 Å². The molecule has 3 rings (SSSR count). The molecule has 0 atom stereocenters. The van der Waals surface area contributed by atoms with Gasteiger partial charge in [-0.25, -0.2) is 9.97 Å². The normalized spacial score (nSPS) is 10.3. The number of pyridine rings is 2. The number of nitrogens with zero attached hydrogens (tertiary/aromatic N) is 3. The van der Waals surface area contributed by atoms with E-state index in [1.54, 1.807) is 30.6 Å². The Morgan fingerprint density at radius 1 is 1.22 bits per heavy atom. The summed E-state index contributed by atoms with van der Waals surface area (Å²) in [7, 11) is 0. The Hall–Kier alpha value is -2.32. The van der Waals surface area contributed by atoms with Gasteiger partial charge in [-0.15, -0.1) is 11.3 Å². The number of hydrogen-bond donors (Lipinski definition) is 2. The minimum Gasteiger partial charge on any atom is -0.344 e. The lowest BCUT2D eigenvalue weighted by molar-refractivity contribution is 0.102. The third-order valence-electron chi connectivity index (χ3n) is 2.83. The minimum atomic E-state index is -0.314. The van der Waals surface area contributed by atoms with Gasteiger partial charge in [0.25, 0.3) is 5.91 Å². The summed E-state index contributed by atoms with van der Waals surface area (Å²) >= 11 is 4.69. The number of aryl methyl sites for hydroxylation is 1. The van der Waals surface area contributed by atoms with Gasteiger partial charge in [0.05, 0.1) is 16.9 Å². The predicted octanol–water partition coefficient (Wildman–Crippen LogP) is 4.00. The van der Waals surface area contributed by atoms with Gasteiger partial charge in [0, 0.05) is 6.20 Å². The second kappa shape index (κ2) is 6.84. The lowest BCUT2D eigenvalue weighted by Crippen LogP contribution is -2.15. The molecule has 8 heteroatoms. The third-order valence-corrected chi connectivity index (χ3v) is 4.15. The number of anilines is 3. The van der Waals surface area contributed by atoms with E-state index in [-0.39, 0.29) is 5.91 Å². The average molecular weight is 390 g/mol. The first kappa shape index (κ1) is 15.6. The molecule has 1 amide bonds. The number of carbonyl (C=O) groups is 1. The van der Waals surface area contributed by atoms with Crippen LogP contribution < -0.4 is 10.6 Å². The van der Waals surface area contributed by atoms with Crippen molar-refractivity contribution in [2.75, 3.05) is 10.6 Å². The van der Waals surface area contributed by atoms with Crippen LogP contribution in [-0.2, 0) is 0 Å². The summed E-state index contributed by atoms with van der Waals surface area (Å²) in [5, 5.41) is 7.39. The first-order chi connectivity index (χ1) is 11.1. The molecule has 23 heavy (non-hydrogen) atoms. The number of thiazole rings is 1. The Morgan fingerprint density at radius 2 is 2.09 bits per heavy atom. The van der Waals surface area contributed by atoms with E-state index in [9.17, 15) is 4.79 Å². The highest BCUT2D eigenvalue weighted by atomic mass is 79.9. The molecule has 0 saturated heterocycles. The molecular weight excluding hydrogens is 378 g/mol. The molecule has 0 radical (unpaired) electrons. The first-order valence-electron chi connectivity index (χ1n) is 6.70. The van der Waals surface area contributed by atoms with E-state index in [1.165, 1.54) is 11.3 Å². The summed E-state index contributed by atoms with van der Waals surface area (Å²) in [6.45, 7) is 1.85. The number of carbonyl (C=O) groups excluding carboxylic acids is 1. The van der Waals surface area contributed by atoms with E-state index in [1.807, 2.05) is 19.1 Å². The van der Waals surface area contributed by atoms with E-state index in [0.29, 0.717) is 21.1 Å². The molecular formula is C15H12BrN5OS. The zero-order chi connectivity index (χ0) is 16.2. The van der Waals surface area contributed by atoms with Gasteiger partial charge in [-0.3, -0.25) is 9.78 Å². The molecule has 0 aliphatic heterocycles. The van der Waals surface area contributed by atoms with Crippen molar-refractivity contribution in [3.05, 3.63) is 58.0 Å². The maximum Gasteiger partial charge on any atom is 0.278 e. The van der Waals surface area contributed by atoms with E-state index in [2.05, 4.69) is 41.5 Å². The molecule has 3 aromatic rings. The molecule has 0 aliphatic rings. The summed E-state index contributed by atoms with van der Waals surface area (Å²) in [6, 6.07) is 9.00. The van der Waals surface area contributed by atoms with Crippen LogP contribution in [0.25, 0.3) is 0 Å². The number of amides is 1. The highest BCUT2D eigenvalue weighted by Crippen LogP contribution is 2.28. The van der Waals surface area contributed by atoms with Crippen LogP contribution in [-0.4, -0.2) is 20.9 Å². The van der Waals surface area contributed by atoms with E-state index in [0.717, 1.165) is 10.7 Å². The van der Waals surface area contributed by atoms with Gasteiger partial charge < -0.3 is 10.6 Å². The van der Waals surface area contributed by atoms with Gasteiger partial charge in [-0.2, -0.15) is 0 Å². The average Bonchev–Trinajstić information content (AvgIpc) is 2.89. The zero-order valence-corrected chi connectivity index (χ0v) is 14.5. The van der Waals surface area contributed by atoms with Crippen LogP contribution in [0.5, 0.6) is 0 Å². The van der Waals surface area contributed by atoms with E-state index in [4.69, 9.17) is 0 Å². The maximum absolute atomic E-state index is 12.5. The van der Waals surface area contributed by atoms with Gasteiger partial charge in [-0.05, 0) is 47.1 Å². The molecule has 0 saturated carbocycles. The SMILES string of the molecule is Cc1nc(C(=O)Nc2cccc(Br)n2)c(Nc2cccnc2)s1. The lowest BCUT2D eigenvalue weighted by Gasteiger charge is -2.06. The molecule has 0 aliphatic carbocycles. The smallest absolute Gasteiger partial charge is 0.278 e. The van der Waals surface area contributed by atoms with Crippen LogP contribution in [0.4, 0.5) is 16.5 Å². The number of nitrogens with one attached hydrogen (secondary N) is 2. The zero-order valence-electron chi connectivity index (χ0n) is 12.1. The van der Waals surface area contributed by atoms with Crippen LogP contribution in [0.3, 0.4) is 0 Å². The Bertz CT molecular complexity index is 837. The second-order valence-corrected chi connectivity index (χ2v) is 6.59. The molecule has 116 valence electrons. The van der Waals surface area contributed by atoms with Crippen molar-refractivity contribution in [2.45, 2.75) is 6.92 Å². The number of hydrogen-bond acceptors (Lipinski definition) is 6. The molecule has 3 heterocycles. The quantitative estimate of drug-likeness (QED) is 0.659. The van der Waals surface area contributed by atoms with Crippen LogP contribution in [0.1, 0.15) is 15.5 Å². The van der Waals surface area contributed by atoms with Crippen molar-refractivity contribution >= 4 is 49.7 Å². The van der Waals surface area contributed by atoms with Crippen molar-refractivity contribution in [2.24, 2.45) is 0 Å². The molecule has 0 fully saturated rings. The number of rotatable bonds is 4. The Balaban J connectivity index is 1.83. The summed E-state index contributed by atoms with van der Waals surface area (Å²) in [6.07, 6.45) is 3.38. The van der Waals surface area contributed by atoms with Crippen molar-refractivity contribution in [1.29, 1.82) is 0 Å². The van der Waals surface area contributed by atoms with Gasteiger partial charge in [-0.1, -0.05) is 6.07 Å². The fourth-order valence-electron chi connectivity index (χ4n) is 1.89. The molecule has 0 unspecified atom stereocenters. The number of aromatic nitrogens is 3. The Kier molecular flexibility index (Phi) is 4.63. The van der Waals surface area contributed by atoms with Crippen molar-refractivity contribution in [3.8, 4) is 0 Å². The van der Waals surface area contributed by atoms with Crippen LogP contribution in [0, 0.1) is 6.92 Å². The van der Waals surface area contributed by atoms with Crippen molar-refractivity contribution in [3.63, 3.8) is 0 Å². The fraction of sp³-hybridized carbons (Fsp3) is 0.0667. The fourth-order valence-corrected chi connectivity index (χ4v) is 3.07. The van der Waals surface area contributed by atoms with Crippen LogP contribution in [0.15, 0.2) is 47.3 Å². The monoisotopic (exact) mass is 389 g/mol.